The van der Waals surface area contributed by atoms with Crippen LogP contribution < -0.4 is 53.5 Å². The molecule has 370 valence electrons. The first-order valence-corrected chi connectivity index (χ1v) is 27.5. The van der Waals surface area contributed by atoms with Gasteiger partial charge in [0.15, 0.2) is 0 Å². The molecule has 0 spiro atoms. The van der Waals surface area contributed by atoms with E-state index < -0.39 is 0 Å². The van der Waals surface area contributed by atoms with Crippen molar-refractivity contribution in [3.05, 3.63) is 118 Å². The maximum Gasteiger partial charge on any atom is 0.257 e. The van der Waals surface area contributed by atoms with Crippen LogP contribution in [0.25, 0.3) is 22.1 Å². The van der Waals surface area contributed by atoms with E-state index >= 15 is 0 Å². The molecule has 11 rings (SSSR count). The van der Waals surface area contributed by atoms with Crippen LogP contribution in [0, 0.1) is 0 Å². The third-order valence-corrected chi connectivity index (χ3v) is 18.5. The standard InChI is InChI=1S/C66H72B6N2O/c1-60(2,3)36-18-21-46-47(31-36)73(40-29-37(61(4,5)6)28-38(30-40)62(7,8)9)48-26-35(51-52(67)54(69)56(71)55(70)53(51)68)27-49-58(48)72(46)57-41-33-44-45(66(16,17)25-24-65(44,14)15)34-50(41)75-59(57)74(49)39-19-20-42-43(32-39)64(12,13)23-22-63(42,10)11/h18-21,26-34H,22-25H2,1-17H3. The highest BCUT2D eigenvalue weighted by Gasteiger charge is 2.49. The van der Waals surface area contributed by atoms with E-state index in [9.17, 15) is 0 Å². The second-order valence-corrected chi connectivity index (χ2v) is 28.7. The quantitative estimate of drug-likeness (QED) is 0.165. The zero-order valence-corrected chi connectivity index (χ0v) is 48.1. The molecule has 0 amide bonds. The van der Waals surface area contributed by atoms with Gasteiger partial charge < -0.3 is 9.32 Å². The molecule has 0 unspecified atom stereocenters. The maximum absolute atomic E-state index is 7.64. The van der Waals surface area contributed by atoms with Gasteiger partial charge in [-0.2, -0.15) is 0 Å². The Morgan fingerprint density at radius 1 is 0.440 bits per heavy atom. The van der Waals surface area contributed by atoms with Gasteiger partial charge in [-0.25, -0.2) is 0 Å². The molecule has 1 aromatic heterocycles. The van der Waals surface area contributed by atoms with Crippen LogP contribution in [0.3, 0.4) is 0 Å². The Balaban J connectivity index is 1.35. The lowest BCUT2D eigenvalue weighted by Crippen LogP contribution is -2.61. The van der Waals surface area contributed by atoms with Gasteiger partial charge in [0.05, 0.1) is 0 Å². The molecule has 2 aliphatic carbocycles. The normalized spacial score (nSPS) is 18.1. The van der Waals surface area contributed by atoms with Crippen LogP contribution >= 0.6 is 0 Å². The highest BCUT2D eigenvalue weighted by molar-refractivity contribution is 7.01. The minimum Gasteiger partial charge on any atom is -0.440 e. The molecule has 0 atom stereocenters. The Bertz CT molecular complexity index is 3530. The summed E-state index contributed by atoms with van der Waals surface area (Å²) in [5.41, 5.74) is 21.0. The lowest BCUT2D eigenvalue weighted by Gasteiger charge is -2.45. The lowest BCUT2D eigenvalue weighted by molar-refractivity contribution is 0.332. The first kappa shape index (κ1) is 51.9. The van der Waals surface area contributed by atoms with E-state index in [0.29, 0.717) is 16.5 Å². The van der Waals surface area contributed by atoms with Gasteiger partial charge in [0.1, 0.15) is 44.8 Å². The smallest absolute Gasteiger partial charge is 0.257 e. The van der Waals surface area contributed by atoms with Crippen molar-refractivity contribution < 1.29 is 4.42 Å². The predicted octanol–water partition coefficient (Wildman–Crippen LogP) is 10.7. The Morgan fingerprint density at radius 3 is 1.45 bits per heavy atom. The molecule has 2 aliphatic heterocycles. The third-order valence-electron chi connectivity index (χ3n) is 18.5. The molecule has 3 heterocycles. The molecule has 9 heteroatoms. The van der Waals surface area contributed by atoms with E-state index in [1.807, 2.05) is 0 Å². The summed E-state index contributed by atoms with van der Waals surface area (Å²) in [4.78, 5) is 4.94. The summed E-state index contributed by atoms with van der Waals surface area (Å²) in [5.74, 6) is 0.817. The summed E-state index contributed by atoms with van der Waals surface area (Å²) >= 11 is 0. The topological polar surface area (TPSA) is 19.6 Å². The van der Waals surface area contributed by atoms with Crippen molar-refractivity contribution in [2.75, 3.05) is 9.80 Å². The van der Waals surface area contributed by atoms with Crippen LogP contribution in [-0.2, 0) is 37.9 Å². The molecule has 6 aromatic carbocycles. The van der Waals surface area contributed by atoms with Crippen molar-refractivity contribution in [3.63, 3.8) is 0 Å². The molecule has 0 N–H and O–H groups in total. The van der Waals surface area contributed by atoms with Gasteiger partial charge in [0.2, 0.25) is 5.88 Å². The molecule has 7 aromatic rings. The lowest BCUT2D eigenvalue weighted by atomic mass is 9.33. The fraction of sp³-hybridized carbons (Fsp3) is 0.424. The van der Waals surface area contributed by atoms with Gasteiger partial charge in [-0.1, -0.05) is 153 Å². The first-order chi connectivity index (χ1) is 34.6. The predicted molar refractivity (Wildman–Crippen MR) is 329 cm³/mol. The fourth-order valence-corrected chi connectivity index (χ4v) is 13.2. The zero-order valence-electron chi connectivity index (χ0n) is 48.1. The molecule has 0 saturated carbocycles. The number of nitrogens with zero attached hydrogens (tertiary/aromatic N) is 2. The SMILES string of the molecule is [B]c1c([B])c([B])c(-c2cc3c4c(c2)N(c2ccc5c(c2)C(C)(C)CCC5(C)C)c2oc5cc6c(cc5c2B4c2ccc(C(C)(C)C)cc2N3c2cc(C(C)(C)C)cc(C(C)(C)C)c2)C(C)(C)CCC6(C)C)c([B])c1[B]. The molecule has 0 fully saturated rings. The summed E-state index contributed by atoms with van der Waals surface area (Å²) in [6.45, 7) is 39.8. The van der Waals surface area contributed by atoms with Crippen LogP contribution in [0.1, 0.15) is 182 Å². The number of furan rings is 1. The van der Waals surface area contributed by atoms with Gasteiger partial charge in [0, 0.05) is 39.3 Å². The summed E-state index contributed by atoms with van der Waals surface area (Å²) in [5, 5.41) is 1.15. The monoisotopic (exact) mass is 975 g/mol. The van der Waals surface area contributed by atoms with E-state index in [1.54, 1.807) is 0 Å². The molecule has 10 radical (unpaired) electrons. The number of anilines is 6. The van der Waals surface area contributed by atoms with Gasteiger partial charge in [0.25, 0.3) is 6.71 Å². The Hall–Kier alpha value is -5.15. The average molecular weight is 974 g/mol. The molecular weight excluding hydrogens is 902 g/mol. The van der Waals surface area contributed by atoms with Crippen LogP contribution in [0.2, 0.25) is 0 Å². The van der Waals surface area contributed by atoms with Crippen molar-refractivity contribution in [1.29, 1.82) is 0 Å². The zero-order chi connectivity index (χ0) is 54.4. The van der Waals surface area contributed by atoms with Gasteiger partial charge >= 0.3 is 0 Å². The number of hydrogen-bond donors (Lipinski definition) is 0. The number of rotatable bonds is 3. The van der Waals surface area contributed by atoms with E-state index in [2.05, 4.69) is 206 Å². The summed E-state index contributed by atoms with van der Waals surface area (Å²) < 4.78 is 7.64. The molecule has 0 bridgehead atoms. The van der Waals surface area contributed by atoms with Gasteiger partial charge in [-0.3, -0.25) is 4.90 Å². The molecule has 3 nitrogen and oxygen atoms in total. The van der Waals surface area contributed by atoms with Gasteiger partial charge in [-0.05, 0) is 179 Å². The summed E-state index contributed by atoms with van der Waals surface area (Å²) in [6.07, 6.45) is 4.41. The molecule has 4 aliphatic rings. The summed E-state index contributed by atoms with van der Waals surface area (Å²) in [7, 11) is 34.4. The number of hydrogen-bond acceptors (Lipinski definition) is 3. The van der Waals surface area contributed by atoms with Crippen LogP contribution in [0.4, 0.5) is 34.3 Å². The third kappa shape index (κ3) is 7.94. The molecule has 0 saturated heterocycles. The average Bonchev–Trinajstić information content (AvgIpc) is 3.77. The number of benzene rings is 6. The van der Waals surface area contributed by atoms with E-state index in [-0.39, 0.29) is 61.0 Å². The van der Waals surface area contributed by atoms with Crippen molar-refractivity contribution >= 4 is 135 Å². The largest absolute Gasteiger partial charge is 0.440 e. The fourth-order valence-electron chi connectivity index (χ4n) is 13.2. The van der Waals surface area contributed by atoms with Crippen LogP contribution in [0.5, 0.6) is 0 Å². The van der Waals surface area contributed by atoms with Crippen LogP contribution in [-0.4, -0.2) is 45.9 Å². The maximum atomic E-state index is 7.64. The Kier molecular flexibility index (Phi) is 11.4. The van der Waals surface area contributed by atoms with E-state index in [4.69, 9.17) is 43.6 Å². The van der Waals surface area contributed by atoms with Crippen molar-refractivity contribution in [2.24, 2.45) is 0 Å². The molecular formula is C66H72B6N2O. The van der Waals surface area contributed by atoms with E-state index in [1.165, 1.54) is 55.3 Å². The van der Waals surface area contributed by atoms with E-state index in [0.717, 1.165) is 76.5 Å². The first-order valence-electron chi connectivity index (χ1n) is 27.5. The minimum absolute atomic E-state index is 0.0202. The van der Waals surface area contributed by atoms with Crippen molar-refractivity contribution in [3.8, 4) is 11.1 Å². The molecule has 75 heavy (non-hydrogen) atoms. The highest BCUT2D eigenvalue weighted by Crippen LogP contribution is 2.54. The Morgan fingerprint density at radius 2 is 0.920 bits per heavy atom. The number of fused-ring (bicyclic) bond motifs is 8. The minimum atomic E-state index is -0.230. The van der Waals surface area contributed by atoms with Gasteiger partial charge in [-0.15, -0.1) is 16.4 Å². The second kappa shape index (κ2) is 16.4. The summed E-state index contributed by atoms with van der Waals surface area (Å²) in [6, 6.07) is 31.1. The highest BCUT2D eigenvalue weighted by atomic mass is 16.4. The second-order valence-electron chi connectivity index (χ2n) is 28.7. The van der Waals surface area contributed by atoms with Crippen molar-refractivity contribution in [2.45, 2.75) is 181 Å². The van der Waals surface area contributed by atoms with Crippen LogP contribution in [0.15, 0.2) is 83.3 Å². The van der Waals surface area contributed by atoms with Crippen molar-refractivity contribution in [1.82, 2.24) is 0 Å². The Labute approximate surface area is 456 Å².